The molecule has 1 aromatic carbocycles. The Bertz CT molecular complexity index is 617. The minimum Gasteiger partial charge on any atom is -0.458 e. The van der Waals surface area contributed by atoms with Crippen LogP contribution in [0.2, 0.25) is 0 Å². The van der Waals surface area contributed by atoms with Crippen LogP contribution in [-0.2, 0) is 4.74 Å². The van der Waals surface area contributed by atoms with Crippen molar-refractivity contribution in [3.05, 3.63) is 35.9 Å². The third-order valence-corrected chi connectivity index (χ3v) is 4.04. The molecular weight excluding hydrogens is 280 g/mol. The van der Waals surface area contributed by atoms with Crippen molar-refractivity contribution in [3.63, 3.8) is 0 Å². The van der Waals surface area contributed by atoms with Gasteiger partial charge in [0.05, 0.1) is 11.5 Å². The third-order valence-electron chi connectivity index (χ3n) is 2.25. The monoisotopic (exact) mass is 290 g/mol. The summed E-state index contributed by atoms with van der Waals surface area (Å²) in [7, 11) is 0. The van der Waals surface area contributed by atoms with Gasteiger partial charge in [-0.05, 0) is 24.0 Å². The minimum atomic E-state index is -0.441. The summed E-state index contributed by atoms with van der Waals surface area (Å²) in [6, 6.07) is 11.6. The second-order valence-electron chi connectivity index (χ2n) is 3.45. The lowest BCUT2D eigenvalue weighted by atomic mass is 10.1. The van der Waals surface area contributed by atoms with Gasteiger partial charge in [0.2, 0.25) is 0 Å². The smallest absolute Gasteiger partial charge is 0.373 e. The normalized spacial score (nSPS) is 9.89. The van der Waals surface area contributed by atoms with Gasteiger partial charge in [0.25, 0.3) is 0 Å². The minimum absolute atomic E-state index is 0.309. The largest absolute Gasteiger partial charge is 0.458 e. The molecule has 0 unspecified atom stereocenters. The summed E-state index contributed by atoms with van der Waals surface area (Å²) in [4.78, 5) is 12.2. The molecule has 0 saturated carbocycles. The molecule has 96 valence electrons. The number of nitriles is 1. The molecular formula is C13H10N2O2S2. The Morgan fingerprint density at radius 3 is 2.84 bits per heavy atom. The van der Waals surface area contributed by atoms with E-state index in [0.29, 0.717) is 17.2 Å². The van der Waals surface area contributed by atoms with Gasteiger partial charge in [-0.25, -0.2) is 4.79 Å². The van der Waals surface area contributed by atoms with Crippen molar-refractivity contribution < 1.29 is 9.53 Å². The van der Waals surface area contributed by atoms with Crippen LogP contribution < -0.4 is 0 Å². The van der Waals surface area contributed by atoms with Crippen LogP contribution in [0.25, 0.3) is 10.4 Å². The van der Waals surface area contributed by atoms with Gasteiger partial charge in [0.1, 0.15) is 16.7 Å². The molecule has 0 spiro atoms. The molecule has 0 aliphatic carbocycles. The third kappa shape index (κ3) is 3.13. The van der Waals surface area contributed by atoms with Gasteiger partial charge in [-0.2, -0.15) is 9.64 Å². The molecule has 0 bridgehead atoms. The van der Waals surface area contributed by atoms with E-state index >= 15 is 0 Å². The van der Waals surface area contributed by atoms with Gasteiger partial charge >= 0.3 is 5.30 Å². The molecule has 2 rings (SSSR count). The van der Waals surface area contributed by atoms with Crippen molar-refractivity contribution in [2.24, 2.45) is 0 Å². The van der Waals surface area contributed by atoms with Crippen molar-refractivity contribution in [2.75, 3.05) is 6.61 Å². The molecule has 0 amide bonds. The Balaban J connectivity index is 2.32. The lowest BCUT2D eigenvalue weighted by Crippen LogP contribution is -1.96. The quantitative estimate of drug-likeness (QED) is 0.633. The molecule has 0 aliphatic heterocycles. The van der Waals surface area contributed by atoms with Crippen molar-refractivity contribution in [1.82, 2.24) is 4.37 Å². The fraction of sp³-hybridized carbons (Fsp3) is 0.154. The first-order valence-corrected chi connectivity index (χ1v) is 7.15. The van der Waals surface area contributed by atoms with Crippen LogP contribution in [0.5, 0.6) is 0 Å². The number of aromatic nitrogens is 1. The average molecular weight is 290 g/mol. The lowest BCUT2D eigenvalue weighted by molar-refractivity contribution is 0.181. The second-order valence-corrected chi connectivity index (χ2v) is 5.15. The molecule has 0 fully saturated rings. The molecule has 0 atom stereocenters. The van der Waals surface area contributed by atoms with Gasteiger partial charge in [0, 0.05) is 11.8 Å². The average Bonchev–Trinajstić information content (AvgIpc) is 2.82. The first kappa shape index (κ1) is 13.6. The van der Waals surface area contributed by atoms with Gasteiger partial charge < -0.3 is 4.74 Å². The maximum Gasteiger partial charge on any atom is 0.373 e. The highest BCUT2D eigenvalue weighted by atomic mass is 32.2. The highest BCUT2D eigenvalue weighted by molar-refractivity contribution is 8.13. The number of ether oxygens (including phenoxy) is 1. The zero-order valence-corrected chi connectivity index (χ0v) is 11.8. The van der Waals surface area contributed by atoms with E-state index in [-0.39, 0.29) is 0 Å². The van der Waals surface area contributed by atoms with Crippen LogP contribution in [-0.4, -0.2) is 16.3 Å². The zero-order valence-electron chi connectivity index (χ0n) is 10.1. The topological polar surface area (TPSA) is 63.0 Å². The van der Waals surface area contributed by atoms with Crippen LogP contribution in [0.15, 0.2) is 35.4 Å². The number of benzene rings is 1. The summed E-state index contributed by atoms with van der Waals surface area (Å²) >= 11 is 2.06. The Morgan fingerprint density at radius 2 is 2.21 bits per heavy atom. The molecule has 1 aromatic heterocycles. The van der Waals surface area contributed by atoms with Crippen LogP contribution in [0.1, 0.15) is 12.5 Å². The Labute approximate surface area is 119 Å². The zero-order chi connectivity index (χ0) is 13.7. The van der Waals surface area contributed by atoms with Crippen molar-refractivity contribution in [2.45, 2.75) is 11.9 Å². The van der Waals surface area contributed by atoms with E-state index in [1.54, 1.807) is 6.92 Å². The number of nitrogens with zero attached hydrogens (tertiary/aromatic N) is 2. The fourth-order valence-corrected chi connectivity index (χ4v) is 3.11. The molecule has 0 radical (unpaired) electrons. The predicted octanol–water partition coefficient (Wildman–Crippen LogP) is 3.93. The van der Waals surface area contributed by atoms with E-state index in [1.165, 1.54) is 11.5 Å². The van der Waals surface area contributed by atoms with Crippen molar-refractivity contribution >= 4 is 28.6 Å². The van der Waals surface area contributed by atoms with Crippen LogP contribution in [0.4, 0.5) is 4.79 Å². The SMILES string of the molecule is CCOC(=O)Sc1nsc(-c2ccccc2)c1C#N. The summed E-state index contributed by atoms with van der Waals surface area (Å²) in [6.07, 6.45) is 0. The van der Waals surface area contributed by atoms with Crippen LogP contribution >= 0.6 is 23.3 Å². The summed E-state index contributed by atoms with van der Waals surface area (Å²) in [5.74, 6) is 0. The summed E-state index contributed by atoms with van der Waals surface area (Å²) in [6.45, 7) is 2.05. The number of carbonyl (C=O) groups excluding carboxylic acids is 1. The maximum atomic E-state index is 11.4. The van der Waals surface area contributed by atoms with Gasteiger partial charge in [0.15, 0.2) is 0 Å². The second kappa shape index (κ2) is 6.36. The molecule has 2 aromatic rings. The van der Waals surface area contributed by atoms with Gasteiger partial charge in [-0.1, -0.05) is 30.3 Å². The van der Waals surface area contributed by atoms with Crippen LogP contribution in [0, 0.1) is 11.3 Å². The van der Waals surface area contributed by atoms with E-state index in [9.17, 15) is 10.1 Å². The summed E-state index contributed by atoms with van der Waals surface area (Å²) in [5, 5.41) is 9.21. The Hall–Kier alpha value is -1.84. The number of carbonyl (C=O) groups is 1. The number of hydrogen-bond donors (Lipinski definition) is 0. The molecule has 0 saturated heterocycles. The molecule has 1 heterocycles. The first-order valence-electron chi connectivity index (χ1n) is 5.56. The summed E-state index contributed by atoms with van der Waals surface area (Å²) < 4.78 is 9.01. The van der Waals surface area contributed by atoms with E-state index in [1.807, 2.05) is 30.3 Å². The number of hydrogen-bond acceptors (Lipinski definition) is 6. The van der Waals surface area contributed by atoms with Crippen molar-refractivity contribution in [1.29, 1.82) is 5.26 Å². The molecule has 0 aliphatic rings. The van der Waals surface area contributed by atoms with Crippen LogP contribution in [0.3, 0.4) is 0 Å². The standard InChI is InChI=1S/C13H10N2O2S2/c1-2-17-13(16)18-12-10(8-14)11(19-15-12)9-6-4-3-5-7-9/h3-7H,2H2,1H3. The highest BCUT2D eigenvalue weighted by Crippen LogP contribution is 2.35. The molecule has 0 N–H and O–H groups in total. The predicted molar refractivity (Wildman–Crippen MR) is 75.1 cm³/mol. The van der Waals surface area contributed by atoms with E-state index < -0.39 is 5.30 Å². The fourth-order valence-electron chi connectivity index (χ4n) is 1.46. The van der Waals surface area contributed by atoms with E-state index in [0.717, 1.165) is 22.2 Å². The van der Waals surface area contributed by atoms with E-state index in [4.69, 9.17) is 4.74 Å². The Kier molecular flexibility index (Phi) is 4.55. The maximum absolute atomic E-state index is 11.4. The first-order chi connectivity index (χ1) is 9.26. The Morgan fingerprint density at radius 1 is 1.47 bits per heavy atom. The molecule has 19 heavy (non-hydrogen) atoms. The van der Waals surface area contributed by atoms with E-state index in [2.05, 4.69) is 10.4 Å². The molecule has 6 heteroatoms. The number of rotatable bonds is 3. The van der Waals surface area contributed by atoms with Gasteiger partial charge in [-0.3, -0.25) is 0 Å². The van der Waals surface area contributed by atoms with Gasteiger partial charge in [-0.15, -0.1) is 0 Å². The van der Waals surface area contributed by atoms with Crippen molar-refractivity contribution in [3.8, 4) is 16.5 Å². The lowest BCUT2D eigenvalue weighted by Gasteiger charge is -1.99. The molecule has 4 nitrogen and oxygen atoms in total. The summed E-state index contributed by atoms with van der Waals surface area (Å²) in [5.41, 5.74) is 1.35. The highest BCUT2D eigenvalue weighted by Gasteiger charge is 2.18. The number of thioether (sulfide) groups is 1.